The van der Waals surface area contributed by atoms with Gasteiger partial charge in [0, 0.05) is 38.0 Å². The standard InChI is InChI=1S/C26H33N5O/c1-31(2)25-22-12-6-7-13-23(22)29-26(30-25)28-21-17-15-20(16-18-21)27-24(32)14-8-11-19-9-4-3-5-10-19/h3-7,9-10,12-13,20-21H,8,11,14-18H2,1-2H3,(H,27,32)(H,28,29,30). The molecule has 6 heteroatoms. The van der Waals surface area contributed by atoms with Crippen LogP contribution < -0.4 is 15.5 Å². The topological polar surface area (TPSA) is 70.2 Å². The highest BCUT2D eigenvalue weighted by Gasteiger charge is 2.23. The van der Waals surface area contributed by atoms with E-state index in [-0.39, 0.29) is 11.9 Å². The van der Waals surface area contributed by atoms with Crippen molar-refractivity contribution in [3.63, 3.8) is 0 Å². The number of carbonyl (C=O) groups excluding carboxylic acids is 1. The van der Waals surface area contributed by atoms with Crippen molar-refractivity contribution in [1.29, 1.82) is 0 Å². The van der Waals surface area contributed by atoms with E-state index in [1.165, 1.54) is 5.56 Å². The molecule has 0 atom stereocenters. The minimum Gasteiger partial charge on any atom is -0.362 e. The van der Waals surface area contributed by atoms with Crippen LogP contribution in [-0.2, 0) is 11.2 Å². The van der Waals surface area contributed by atoms with Crippen LogP contribution in [0.25, 0.3) is 10.9 Å². The molecular weight excluding hydrogens is 398 g/mol. The first-order chi connectivity index (χ1) is 15.6. The van der Waals surface area contributed by atoms with E-state index in [2.05, 4.69) is 28.8 Å². The monoisotopic (exact) mass is 431 g/mol. The molecule has 0 bridgehead atoms. The first-order valence-electron chi connectivity index (χ1n) is 11.6. The molecule has 3 aromatic rings. The molecule has 1 aliphatic rings. The molecule has 168 valence electrons. The number of para-hydroxylation sites is 1. The molecule has 1 amide bonds. The van der Waals surface area contributed by atoms with Crippen molar-refractivity contribution in [2.75, 3.05) is 24.3 Å². The van der Waals surface area contributed by atoms with E-state index < -0.39 is 0 Å². The fraction of sp³-hybridized carbons (Fsp3) is 0.423. The van der Waals surface area contributed by atoms with E-state index in [1.54, 1.807) is 0 Å². The number of benzene rings is 2. The Morgan fingerprint density at radius 2 is 1.62 bits per heavy atom. The zero-order chi connectivity index (χ0) is 22.3. The van der Waals surface area contributed by atoms with Crippen LogP contribution in [0.15, 0.2) is 54.6 Å². The fourth-order valence-electron chi connectivity index (χ4n) is 4.43. The maximum Gasteiger partial charge on any atom is 0.225 e. The number of aromatic nitrogens is 2. The van der Waals surface area contributed by atoms with Crippen molar-refractivity contribution < 1.29 is 4.79 Å². The second-order valence-electron chi connectivity index (χ2n) is 8.88. The molecule has 1 aromatic heterocycles. The molecule has 0 spiro atoms. The molecule has 1 saturated carbocycles. The maximum atomic E-state index is 12.3. The SMILES string of the molecule is CN(C)c1nc(NC2CCC(NC(=O)CCCc3ccccc3)CC2)nc2ccccc12. The Morgan fingerprint density at radius 1 is 0.938 bits per heavy atom. The minimum absolute atomic E-state index is 0.172. The lowest BCUT2D eigenvalue weighted by Gasteiger charge is -2.30. The quantitative estimate of drug-likeness (QED) is 0.547. The summed E-state index contributed by atoms with van der Waals surface area (Å²) >= 11 is 0. The normalized spacial score (nSPS) is 18.3. The molecule has 1 heterocycles. The number of nitrogens with zero attached hydrogens (tertiary/aromatic N) is 3. The second kappa shape index (κ2) is 10.4. The van der Waals surface area contributed by atoms with Gasteiger partial charge >= 0.3 is 0 Å². The number of hydrogen-bond acceptors (Lipinski definition) is 5. The summed E-state index contributed by atoms with van der Waals surface area (Å²) in [5.41, 5.74) is 2.24. The van der Waals surface area contributed by atoms with Gasteiger partial charge in [-0.15, -0.1) is 0 Å². The van der Waals surface area contributed by atoms with Gasteiger partial charge in [0.15, 0.2) is 0 Å². The van der Waals surface area contributed by atoms with E-state index in [0.717, 1.165) is 55.2 Å². The summed E-state index contributed by atoms with van der Waals surface area (Å²) in [6, 6.07) is 19.1. The Kier molecular flexibility index (Phi) is 7.20. The summed E-state index contributed by atoms with van der Waals surface area (Å²) in [7, 11) is 4.01. The van der Waals surface area contributed by atoms with Crippen LogP contribution >= 0.6 is 0 Å². The smallest absolute Gasteiger partial charge is 0.225 e. The summed E-state index contributed by atoms with van der Waals surface area (Å²) in [6.07, 6.45) is 6.40. The molecule has 0 unspecified atom stereocenters. The summed E-state index contributed by atoms with van der Waals surface area (Å²) < 4.78 is 0. The minimum atomic E-state index is 0.172. The Morgan fingerprint density at radius 3 is 2.38 bits per heavy atom. The lowest BCUT2D eigenvalue weighted by Crippen LogP contribution is -2.40. The van der Waals surface area contributed by atoms with Crippen molar-refractivity contribution in [3.8, 4) is 0 Å². The lowest BCUT2D eigenvalue weighted by atomic mass is 9.91. The summed E-state index contributed by atoms with van der Waals surface area (Å²) in [5.74, 6) is 1.78. The summed E-state index contributed by atoms with van der Waals surface area (Å²) in [6.45, 7) is 0. The third-order valence-corrected chi connectivity index (χ3v) is 6.14. The van der Waals surface area contributed by atoms with Crippen molar-refractivity contribution in [3.05, 3.63) is 60.2 Å². The Hall–Kier alpha value is -3.15. The van der Waals surface area contributed by atoms with E-state index in [4.69, 9.17) is 9.97 Å². The number of fused-ring (bicyclic) bond motifs is 1. The molecule has 6 nitrogen and oxygen atoms in total. The molecule has 0 radical (unpaired) electrons. The van der Waals surface area contributed by atoms with E-state index in [1.807, 2.05) is 55.4 Å². The molecule has 0 saturated heterocycles. The molecule has 1 aliphatic carbocycles. The van der Waals surface area contributed by atoms with Crippen LogP contribution in [0.1, 0.15) is 44.1 Å². The third-order valence-electron chi connectivity index (χ3n) is 6.14. The van der Waals surface area contributed by atoms with Crippen molar-refractivity contribution in [2.45, 2.75) is 57.0 Å². The van der Waals surface area contributed by atoms with Gasteiger partial charge in [0.05, 0.1) is 5.52 Å². The molecule has 2 N–H and O–H groups in total. The van der Waals surface area contributed by atoms with Gasteiger partial charge in [0.25, 0.3) is 0 Å². The van der Waals surface area contributed by atoms with Crippen LogP contribution in [0.5, 0.6) is 0 Å². The van der Waals surface area contributed by atoms with Gasteiger partial charge in [-0.1, -0.05) is 42.5 Å². The van der Waals surface area contributed by atoms with Gasteiger partial charge in [-0.3, -0.25) is 4.79 Å². The second-order valence-corrected chi connectivity index (χ2v) is 8.88. The number of rotatable bonds is 8. The van der Waals surface area contributed by atoms with Crippen LogP contribution in [-0.4, -0.2) is 42.1 Å². The van der Waals surface area contributed by atoms with Crippen molar-refractivity contribution in [1.82, 2.24) is 15.3 Å². The number of amides is 1. The van der Waals surface area contributed by atoms with E-state index in [0.29, 0.717) is 18.4 Å². The Balaban J connectivity index is 1.25. The first-order valence-corrected chi connectivity index (χ1v) is 11.6. The van der Waals surface area contributed by atoms with Gasteiger partial charge in [-0.25, -0.2) is 4.98 Å². The van der Waals surface area contributed by atoms with Crippen LogP contribution in [0.3, 0.4) is 0 Å². The van der Waals surface area contributed by atoms with E-state index >= 15 is 0 Å². The lowest BCUT2D eigenvalue weighted by molar-refractivity contribution is -0.122. The highest BCUT2D eigenvalue weighted by Crippen LogP contribution is 2.26. The number of aryl methyl sites for hydroxylation is 1. The van der Waals surface area contributed by atoms with Crippen molar-refractivity contribution in [2.24, 2.45) is 0 Å². The van der Waals surface area contributed by atoms with Crippen LogP contribution in [0.4, 0.5) is 11.8 Å². The molecule has 2 aromatic carbocycles. The number of anilines is 2. The molecule has 0 aliphatic heterocycles. The van der Waals surface area contributed by atoms with E-state index in [9.17, 15) is 4.79 Å². The number of nitrogens with one attached hydrogen (secondary N) is 2. The predicted octanol–water partition coefficient (Wildman–Crippen LogP) is 4.56. The highest BCUT2D eigenvalue weighted by molar-refractivity contribution is 5.90. The average Bonchev–Trinajstić information content (AvgIpc) is 2.80. The maximum absolute atomic E-state index is 12.3. The van der Waals surface area contributed by atoms with Gasteiger partial charge in [0.1, 0.15) is 5.82 Å². The zero-order valence-electron chi connectivity index (χ0n) is 19.1. The fourth-order valence-corrected chi connectivity index (χ4v) is 4.43. The van der Waals surface area contributed by atoms with Crippen LogP contribution in [0, 0.1) is 0 Å². The first kappa shape index (κ1) is 22.1. The Bertz CT molecular complexity index is 1030. The van der Waals surface area contributed by atoms with Crippen molar-refractivity contribution >= 4 is 28.6 Å². The molecule has 1 fully saturated rings. The van der Waals surface area contributed by atoms with Gasteiger partial charge in [0.2, 0.25) is 11.9 Å². The van der Waals surface area contributed by atoms with Gasteiger partial charge in [-0.05, 0) is 56.2 Å². The third kappa shape index (κ3) is 5.75. The van der Waals surface area contributed by atoms with Gasteiger partial charge < -0.3 is 15.5 Å². The highest BCUT2D eigenvalue weighted by atomic mass is 16.1. The average molecular weight is 432 g/mol. The Labute approximate surface area is 190 Å². The summed E-state index contributed by atoms with van der Waals surface area (Å²) in [4.78, 5) is 23.9. The molecule has 32 heavy (non-hydrogen) atoms. The number of hydrogen-bond donors (Lipinski definition) is 2. The largest absolute Gasteiger partial charge is 0.362 e. The van der Waals surface area contributed by atoms with Crippen LogP contribution in [0.2, 0.25) is 0 Å². The molecule has 4 rings (SSSR count). The molecular formula is C26H33N5O. The number of carbonyl (C=O) groups is 1. The van der Waals surface area contributed by atoms with Gasteiger partial charge in [-0.2, -0.15) is 4.98 Å². The summed E-state index contributed by atoms with van der Waals surface area (Å²) in [5, 5.41) is 7.82. The predicted molar refractivity (Wildman–Crippen MR) is 131 cm³/mol. The zero-order valence-corrected chi connectivity index (χ0v) is 19.1.